The van der Waals surface area contributed by atoms with Gasteiger partial charge in [-0.2, -0.15) is 0 Å². The minimum atomic E-state index is -3.86. The number of sulfonamides is 1. The van der Waals surface area contributed by atoms with E-state index in [9.17, 15) is 23.1 Å². The maximum absolute atomic E-state index is 14.3. The van der Waals surface area contributed by atoms with Gasteiger partial charge in [0.1, 0.15) is 0 Å². The summed E-state index contributed by atoms with van der Waals surface area (Å²) in [6.45, 7) is 5.39. The molecule has 218 valence electrons. The summed E-state index contributed by atoms with van der Waals surface area (Å²) in [5.74, 6) is -1.73. The topological polar surface area (TPSA) is 104 Å². The van der Waals surface area contributed by atoms with Gasteiger partial charge in [0.2, 0.25) is 15.9 Å². The van der Waals surface area contributed by atoms with Crippen molar-refractivity contribution in [3.63, 3.8) is 0 Å². The number of aryl methyl sites for hydroxylation is 1. The predicted octanol–water partition coefficient (Wildman–Crippen LogP) is 6.60. The number of halogens is 2. The largest absolute Gasteiger partial charge is 0.481 e. The molecule has 0 unspecified atom stereocenters. The molecular formula is C31H34Cl2N2O5S. The van der Waals surface area contributed by atoms with Gasteiger partial charge in [-0.15, -0.1) is 0 Å². The van der Waals surface area contributed by atoms with Gasteiger partial charge in [-0.05, 0) is 67.3 Å². The summed E-state index contributed by atoms with van der Waals surface area (Å²) in [5.41, 5.74) is 1.38. The van der Waals surface area contributed by atoms with Crippen LogP contribution in [0.4, 0.5) is 0 Å². The average molecular weight is 618 g/mol. The van der Waals surface area contributed by atoms with Crippen LogP contribution in [0.15, 0.2) is 77.7 Å². The SMILES string of the molecule is CC[C@@H](CNS(=O)(=O)c1ccc(C)cc1)N1C(=O)[C@@](C)(CC(=O)O)C[C@H](c2cccc(Cl)c2)[C@H]1c1ccc(Cl)cc1. The Bertz CT molecular complexity index is 1510. The van der Waals surface area contributed by atoms with Crippen LogP contribution in [0.2, 0.25) is 10.0 Å². The van der Waals surface area contributed by atoms with Crippen molar-refractivity contribution in [3.05, 3.63) is 99.5 Å². The van der Waals surface area contributed by atoms with E-state index in [0.717, 1.165) is 16.7 Å². The normalized spacial score (nSPS) is 22.0. The number of hydrogen-bond donors (Lipinski definition) is 2. The van der Waals surface area contributed by atoms with Gasteiger partial charge in [0, 0.05) is 28.5 Å². The monoisotopic (exact) mass is 616 g/mol. The van der Waals surface area contributed by atoms with Crippen LogP contribution in [0.3, 0.4) is 0 Å². The van der Waals surface area contributed by atoms with Gasteiger partial charge in [0.15, 0.2) is 0 Å². The highest BCUT2D eigenvalue weighted by molar-refractivity contribution is 7.89. The average Bonchev–Trinajstić information content (AvgIpc) is 2.91. The van der Waals surface area contributed by atoms with Gasteiger partial charge in [-0.3, -0.25) is 9.59 Å². The van der Waals surface area contributed by atoms with Crippen molar-refractivity contribution in [1.82, 2.24) is 9.62 Å². The number of piperidine rings is 1. The van der Waals surface area contributed by atoms with Crippen molar-refractivity contribution >= 4 is 45.1 Å². The van der Waals surface area contributed by atoms with Crippen LogP contribution in [-0.4, -0.2) is 42.9 Å². The molecule has 0 aliphatic carbocycles. The van der Waals surface area contributed by atoms with Crippen molar-refractivity contribution in [1.29, 1.82) is 0 Å². The fourth-order valence-electron chi connectivity index (χ4n) is 5.73. The standard InChI is InChI=1S/C31H34Cl2N2O5S/c1-4-25(19-34-41(39,40)26-14-8-20(2)9-15-26)35-29(21-10-12-23(32)13-11-21)27(22-6-5-7-24(33)16-22)17-31(3,30(35)38)18-28(36)37/h5-16,25,27,29,34H,4,17-19H2,1-3H3,(H,36,37)/t25-,27+,29+,31+/m0/s1. The molecule has 0 aromatic heterocycles. The van der Waals surface area contributed by atoms with Crippen molar-refractivity contribution in [2.75, 3.05) is 6.54 Å². The van der Waals surface area contributed by atoms with E-state index < -0.39 is 33.5 Å². The second kappa shape index (κ2) is 12.5. The fourth-order valence-corrected chi connectivity index (χ4v) is 7.12. The number of nitrogens with zero attached hydrogens (tertiary/aromatic N) is 1. The Morgan fingerprint density at radius 3 is 2.29 bits per heavy atom. The lowest BCUT2D eigenvalue weighted by Crippen LogP contribution is -2.58. The first-order valence-electron chi connectivity index (χ1n) is 13.5. The first kappa shape index (κ1) is 31.0. The summed E-state index contributed by atoms with van der Waals surface area (Å²) in [5, 5.41) is 10.9. The number of benzene rings is 3. The second-order valence-corrected chi connectivity index (χ2v) is 13.6. The minimum Gasteiger partial charge on any atom is -0.481 e. The molecular weight excluding hydrogens is 583 g/mol. The Balaban J connectivity index is 1.81. The van der Waals surface area contributed by atoms with Crippen LogP contribution >= 0.6 is 23.2 Å². The van der Waals surface area contributed by atoms with Gasteiger partial charge in [0.05, 0.1) is 22.8 Å². The smallest absolute Gasteiger partial charge is 0.304 e. The van der Waals surface area contributed by atoms with E-state index in [1.807, 2.05) is 44.2 Å². The minimum absolute atomic E-state index is 0.0477. The van der Waals surface area contributed by atoms with Crippen LogP contribution in [0.1, 0.15) is 61.8 Å². The molecule has 4 atom stereocenters. The van der Waals surface area contributed by atoms with Crippen LogP contribution < -0.4 is 4.72 Å². The maximum Gasteiger partial charge on any atom is 0.304 e. The third kappa shape index (κ3) is 6.95. The number of carbonyl (C=O) groups excluding carboxylic acids is 1. The van der Waals surface area contributed by atoms with Crippen molar-refractivity contribution in [3.8, 4) is 0 Å². The van der Waals surface area contributed by atoms with E-state index in [-0.39, 0.29) is 36.1 Å². The highest BCUT2D eigenvalue weighted by Gasteiger charge is 2.52. The van der Waals surface area contributed by atoms with E-state index in [0.29, 0.717) is 16.5 Å². The number of aliphatic carboxylic acids is 1. The Morgan fingerprint density at radius 2 is 1.71 bits per heavy atom. The molecule has 1 aliphatic rings. The molecule has 0 spiro atoms. The summed E-state index contributed by atoms with van der Waals surface area (Å²) >= 11 is 12.6. The number of rotatable bonds is 10. The van der Waals surface area contributed by atoms with Crippen LogP contribution in [0.5, 0.6) is 0 Å². The molecule has 2 N–H and O–H groups in total. The summed E-state index contributed by atoms with van der Waals surface area (Å²) in [6, 6.07) is 20.0. The summed E-state index contributed by atoms with van der Waals surface area (Å²) in [4.78, 5) is 28.2. The molecule has 3 aromatic rings. The molecule has 1 aliphatic heterocycles. The zero-order valence-electron chi connectivity index (χ0n) is 23.2. The van der Waals surface area contributed by atoms with Crippen LogP contribution in [-0.2, 0) is 19.6 Å². The Kier molecular flexibility index (Phi) is 9.49. The van der Waals surface area contributed by atoms with Gasteiger partial charge in [0.25, 0.3) is 0 Å². The van der Waals surface area contributed by atoms with Crippen molar-refractivity contribution in [2.45, 2.75) is 62.9 Å². The summed E-state index contributed by atoms with van der Waals surface area (Å²) < 4.78 is 29.1. The number of carbonyl (C=O) groups is 2. The molecule has 1 heterocycles. The number of likely N-dealkylation sites (tertiary alicyclic amines) is 1. The molecule has 0 bridgehead atoms. The molecule has 10 heteroatoms. The Labute approximate surface area is 251 Å². The van der Waals surface area contributed by atoms with E-state index in [2.05, 4.69) is 4.72 Å². The first-order chi connectivity index (χ1) is 19.3. The second-order valence-electron chi connectivity index (χ2n) is 10.9. The van der Waals surface area contributed by atoms with Gasteiger partial charge >= 0.3 is 5.97 Å². The maximum atomic E-state index is 14.3. The fraction of sp³-hybridized carbons (Fsp3) is 0.355. The highest BCUT2D eigenvalue weighted by atomic mass is 35.5. The first-order valence-corrected chi connectivity index (χ1v) is 15.7. The third-order valence-electron chi connectivity index (χ3n) is 7.84. The molecule has 4 rings (SSSR count). The zero-order valence-corrected chi connectivity index (χ0v) is 25.5. The lowest BCUT2D eigenvalue weighted by Gasteiger charge is -2.52. The van der Waals surface area contributed by atoms with E-state index in [1.165, 1.54) is 0 Å². The number of carboxylic acid groups (broad SMARTS) is 1. The molecule has 0 saturated carbocycles. The molecule has 7 nitrogen and oxygen atoms in total. The third-order valence-corrected chi connectivity index (χ3v) is 9.76. The molecule has 1 fully saturated rings. The van der Waals surface area contributed by atoms with Gasteiger partial charge < -0.3 is 10.0 Å². The molecule has 1 saturated heterocycles. The van der Waals surface area contributed by atoms with Crippen molar-refractivity contribution < 1.29 is 23.1 Å². The molecule has 3 aromatic carbocycles. The van der Waals surface area contributed by atoms with Crippen LogP contribution in [0, 0.1) is 12.3 Å². The quantitative estimate of drug-likeness (QED) is 0.267. The lowest BCUT2D eigenvalue weighted by atomic mass is 9.67. The number of amides is 1. The molecule has 1 amide bonds. The number of nitrogens with one attached hydrogen (secondary N) is 1. The van der Waals surface area contributed by atoms with Gasteiger partial charge in [-0.1, -0.05) is 79.0 Å². The Morgan fingerprint density at radius 1 is 1.05 bits per heavy atom. The van der Waals surface area contributed by atoms with E-state index in [1.54, 1.807) is 54.3 Å². The van der Waals surface area contributed by atoms with Gasteiger partial charge in [-0.25, -0.2) is 13.1 Å². The number of hydrogen-bond acceptors (Lipinski definition) is 4. The van der Waals surface area contributed by atoms with Crippen molar-refractivity contribution in [2.24, 2.45) is 5.41 Å². The highest BCUT2D eigenvalue weighted by Crippen LogP contribution is 2.52. The van der Waals surface area contributed by atoms with Crippen LogP contribution in [0.25, 0.3) is 0 Å². The zero-order chi connectivity index (χ0) is 29.9. The summed E-state index contributed by atoms with van der Waals surface area (Å²) in [6.07, 6.45) is 0.337. The number of carboxylic acids is 1. The molecule has 0 radical (unpaired) electrons. The Hall–Kier alpha value is -2.91. The summed E-state index contributed by atoms with van der Waals surface area (Å²) in [7, 11) is -3.86. The lowest BCUT2D eigenvalue weighted by molar-refractivity contribution is -0.160. The van der Waals surface area contributed by atoms with E-state index in [4.69, 9.17) is 23.2 Å². The predicted molar refractivity (Wildman–Crippen MR) is 161 cm³/mol. The molecule has 41 heavy (non-hydrogen) atoms. The van der Waals surface area contributed by atoms with E-state index >= 15 is 0 Å².